The smallest absolute Gasteiger partial charge is 0.263 e. The number of fused-ring (bicyclic) bond motifs is 1. The van der Waals surface area contributed by atoms with E-state index in [-0.39, 0.29) is 4.90 Å². The van der Waals surface area contributed by atoms with Crippen molar-refractivity contribution in [3.05, 3.63) is 77.6 Å². The van der Waals surface area contributed by atoms with Crippen LogP contribution in [-0.2, 0) is 10.0 Å². The van der Waals surface area contributed by atoms with Crippen molar-refractivity contribution >= 4 is 38.3 Å². The molecular formula is C19H15ClN4O2S. The SMILES string of the molecule is Cc1ccc(S(=O)(=O)Nc2cc3cc(Cl)ccc3n2-c2ncccn2)cc1. The highest BCUT2D eigenvalue weighted by atomic mass is 35.5. The van der Waals surface area contributed by atoms with Crippen LogP contribution >= 0.6 is 11.6 Å². The molecule has 6 nitrogen and oxygen atoms in total. The first-order chi connectivity index (χ1) is 12.9. The average molecular weight is 399 g/mol. The van der Waals surface area contributed by atoms with Gasteiger partial charge in [-0.05, 0) is 49.4 Å². The number of hydrogen-bond donors (Lipinski definition) is 1. The standard InChI is InChI=1S/C19H15ClN4O2S/c1-13-3-6-16(7-4-13)27(25,26)23-18-12-14-11-15(20)5-8-17(14)24(18)19-21-9-2-10-22-19/h2-12,23H,1H3. The molecule has 4 rings (SSSR count). The maximum absolute atomic E-state index is 12.8. The number of aromatic nitrogens is 3. The highest BCUT2D eigenvalue weighted by Gasteiger charge is 2.20. The molecule has 2 aromatic carbocycles. The van der Waals surface area contributed by atoms with Crippen LogP contribution in [0.4, 0.5) is 5.82 Å². The largest absolute Gasteiger partial charge is 0.264 e. The molecule has 2 heterocycles. The Hall–Kier alpha value is -2.90. The molecule has 0 aliphatic heterocycles. The van der Waals surface area contributed by atoms with Crippen LogP contribution in [0.15, 0.2) is 71.9 Å². The Balaban J connectivity index is 1.87. The van der Waals surface area contributed by atoms with Crippen LogP contribution in [0.2, 0.25) is 5.02 Å². The second kappa shape index (κ2) is 6.68. The second-order valence-corrected chi connectivity index (χ2v) is 8.15. The van der Waals surface area contributed by atoms with E-state index in [9.17, 15) is 8.42 Å². The lowest BCUT2D eigenvalue weighted by atomic mass is 10.2. The first-order valence-electron chi connectivity index (χ1n) is 8.12. The van der Waals surface area contributed by atoms with E-state index in [0.717, 1.165) is 16.5 Å². The molecule has 27 heavy (non-hydrogen) atoms. The summed E-state index contributed by atoms with van der Waals surface area (Å²) in [7, 11) is -3.78. The molecule has 0 saturated carbocycles. The minimum Gasteiger partial charge on any atom is -0.264 e. The predicted octanol–water partition coefficient (Wildman–Crippen LogP) is 4.18. The molecule has 4 aromatic rings. The molecular weight excluding hydrogens is 384 g/mol. The summed E-state index contributed by atoms with van der Waals surface area (Å²) in [6.07, 6.45) is 3.20. The van der Waals surface area contributed by atoms with Gasteiger partial charge in [0.2, 0.25) is 5.95 Å². The topological polar surface area (TPSA) is 76.9 Å². The van der Waals surface area contributed by atoms with Gasteiger partial charge in [-0.15, -0.1) is 0 Å². The first-order valence-corrected chi connectivity index (χ1v) is 9.98. The number of hydrogen-bond acceptors (Lipinski definition) is 4. The Morgan fingerprint density at radius 1 is 1.00 bits per heavy atom. The number of nitrogens with zero attached hydrogens (tertiary/aromatic N) is 3. The molecule has 0 atom stereocenters. The van der Waals surface area contributed by atoms with Crippen molar-refractivity contribution in [2.45, 2.75) is 11.8 Å². The van der Waals surface area contributed by atoms with Gasteiger partial charge < -0.3 is 0 Å². The van der Waals surface area contributed by atoms with Crippen molar-refractivity contribution in [2.75, 3.05) is 4.72 Å². The number of aryl methyl sites for hydroxylation is 1. The van der Waals surface area contributed by atoms with E-state index >= 15 is 0 Å². The zero-order valence-corrected chi connectivity index (χ0v) is 15.9. The third kappa shape index (κ3) is 3.39. The molecule has 0 amide bonds. The molecule has 0 unspecified atom stereocenters. The van der Waals surface area contributed by atoms with Gasteiger partial charge in [-0.3, -0.25) is 9.29 Å². The van der Waals surface area contributed by atoms with Crippen molar-refractivity contribution in [3.8, 4) is 5.95 Å². The minimum absolute atomic E-state index is 0.178. The van der Waals surface area contributed by atoms with E-state index in [4.69, 9.17) is 11.6 Å². The summed E-state index contributed by atoms with van der Waals surface area (Å²) >= 11 is 6.09. The first kappa shape index (κ1) is 17.5. The van der Waals surface area contributed by atoms with Gasteiger partial charge in [-0.2, -0.15) is 0 Å². The Labute approximate surface area is 161 Å². The normalized spacial score (nSPS) is 11.6. The molecule has 0 aliphatic carbocycles. The molecule has 2 aromatic heterocycles. The van der Waals surface area contributed by atoms with Crippen molar-refractivity contribution < 1.29 is 8.42 Å². The van der Waals surface area contributed by atoms with Crippen LogP contribution in [0, 0.1) is 6.92 Å². The third-order valence-corrected chi connectivity index (χ3v) is 5.69. The zero-order chi connectivity index (χ0) is 19.0. The number of anilines is 1. The Morgan fingerprint density at radius 2 is 1.70 bits per heavy atom. The van der Waals surface area contributed by atoms with Crippen LogP contribution in [0.1, 0.15) is 5.56 Å². The third-order valence-electron chi connectivity index (χ3n) is 4.09. The van der Waals surface area contributed by atoms with Gasteiger partial charge >= 0.3 is 0 Å². The highest BCUT2D eigenvalue weighted by Crippen LogP contribution is 2.30. The molecule has 0 radical (unpaired) electrons. The monoisotopic (exact) mass is 398 g/mol. The van der Waals surface area contributed by atoms with Crippen molar-refractivity contribution in [2.24, 2.45) is 0 Å². The fourth-order valence-corrected chi connectivity index (χ4v) is 4.02. The van der Waals surface area contributed by atoms with Gasteiger partial charge in [-0.25, -0.2) is 18.4 Å². The summed E-state index contributed by atoms with van der Waals surface area (Å²) in [6.45, 7) is 1.90. The Morgan fingerprint density at radius 3 is 2.41 bits per heavy atom. The van der Waals surface area contributed by atoms with E-state index < -0.39 is 10.0 Å². The minimum atomic E-state index is -3.78. The predicted molar refractivity (Wildman–Crippen MR) is 106 cm³/mol. The molecule has 0 bridgehead atoms. The fourth-order valence-electron chi connectivity index (χ4n) is 2.80. The molecule has 8 heteroatoms. The van der Waals surface area contributed by atoms with Crippen molar-refractivity contribution in [1.29, 1.82) is 0 Å². The summed E-state index contributed by atoms with van der Waals surface area (Å²) in [6, 6.07) is 15.4. The van der Waals surface area contributed by atoms with Crippen LogP contribution in [0.3, 0.4) is 0 Å². The molecule has 0 fully saturated rings. The number of sulfonamides is 1. The second-order valence-electron chi connectivity index (χ2n) is 6.04. The highest BCUT2D eigenvalue weighted by molar-refractivity contribution is 7.92. The van der Waals surface area contributed by atoms with Crippen LogP contribution in [-0.4, -0.2) is 23.0 Å². The van der Waals surface area contributed by atoms with E-state index in [0.29, 0.717) is 16.8 Å². The Kier molecular flexibility index (Phi) is 4.33. The molecule has 1 N–H and O–H groups in total. The average Bonchev–Trinajstić information content (AvgIpc) is 2.98. The van der Waals surface area contributed by atoms with E-state index in [1.54, 1.807) is 71.6 Å². The quantitative estimate of drug-likeness (QED) is 0.559. The van der Waals surface area contributed by atoms with Gasteiger partial charge in [-0.1, -0.05) is 29.3 Å². The molecule has 136 valence electrons. The molecule has 0 aliphatic rings. The van der Waals surface area contributed by atoms with E-state index in [1.807, 2.05) is 6.92 Å². The van der Waals surface area contributed by atoms with Crippen molar-refractivity contribution in [1.82, 2.24) is 14.5 Å². The molecule has 0 spiro atoms. The lowest BCUT2D eigenvalue weighted by Gasteiger charge is -2.11. The summed E-state index contributed by atoms with van der Waals surface area (Å²) in [5, 5.41) is 1.33. The number of rotatable bonds is 4. The van der Waals surface area contributed by atoms with Gasteiger partial charge in [0.25, 0.3) is 10.0 Å². The van der Waals surface area contributed by atoms with Crippen LogP contribution < -0.4 is 4.72 Å². The summed E-state index contributed by atoms with van der Waals surface area (Å²) in [4.78, 5) is 8.68. The van der Waals surface area contributed by atoms with E-state index in [1.165, 1.54) is 0 Å². The van der Waals surface area contributed by atoms with Gasteiger partial charge in [0.05, 0.1) is 10.4 Å². The summed E-state index contributed by atoms with van der Waals surface area (Å²) in [5.74, 6) is 0.690. The van der Waals surface area contributed by atoms with E-state index in [2.05, 4.69) is 14.7 Å². The lowest BCUT2D eigenvalue weighted by molar-refractivity contribution is 0.601. The number of benzene rings is 2. The molecule has 0 saturated heterocycles. The van der Waals surface area contributed by atoms with Crippen molar-refractivity contribution in [3.63, 3.8) is 0 Å². The summed E-state index contributed by atoms with van der Waals surface area (Å²) in [5.41, 5.74) is 1.72. The maximum atomic E-state index is 12.8. The zero-order valence-electron chi connectivity index (χ0n) is 14.3. The van der Waals surface area contributed by atoms with Crippen LogP contribution in [0.25, 0.3) is 16.9 Å². The maximum Gasteiger partial charge on any atom is 0.263 e. The Bertz CT molecular complexity index is 1220. The van der Waals surface area contributed by atoms with Gasteiger partial charge in [0.15, 0.2) is 0 Å². The number of nitrogens with one attached hydrogen (secondary N) is 1. The fraction of sp³-hybridized carbons (Fsp3) is 0.0526. The lowest BCUT2D eigenvalue weighted by Crippen LogP contribution is -2.16. The van der Waals surface area contributed by atoms with Gasteiger partial charge in [0.1, 0.15) is 5.82 Å². The summed E-state index contributed by atoms with van der Waals surface area (Å²) < 4.78 is 30.0. The number of halogens is 1. The van der Waals surface area contributed by atoms with Crippen LogP contribution in [0.5, 0.6) is 0 Å². The van der Waals surface area contributed by atoms with Gasteiger partial charge in [0, 0.05) is 22.8 Å².